The van der Waals surface area contributed by atoms with Crippen molar-refractivity contribution in [1.82, 2.24) is 10.6 Å². The molecule has 0 aromatic carbocycles. The predicted octanol–water partition coefficient (Wildman–Crippen LogP) is -1.56. The van der Waals surface area contributed by atoms with Gasteiger partial charge >= 0.3 is 5.97 Å². The van der Waals surface area contributed by atoms with Crippen LogP contribution in [-0.4, -0.2) is 75.8 Å². The van der Waals surface area contributed by atoms with E-state index in [-0.39, 0.29) is 30.3 Å². The summed E-state index contributed by atoms with van der Waals surface area (Å²) in [5.41, 5.74) is 4.26. The number of carbonyl (C=O) groups is 4. The molecule has 0 aliphatic rings. The summed E-state index contributed by atoms with van der Waals surface area (Å²) in [6.07, 6.45) is -0.907. The number of rotatable bonds is 13. The molecule has 2 atom stereocenters. The van der Waals surface area contributed by atoms with Crippen LogP contribution in [0.4, 0.5) is 0 Å². The minimum absolute atomic E-state index is 0.111. The molecule has 0 saturated heterocycles. The number of aliphatic hydroxyl groups excluding tert-OH is 2. The lowest BCUT2D eigenvalue weighted by molar-refractivity contribution is -0.141. The summed E-state index contributed by atoms with van der Waals surface area (Å²) < 4.78 is 0. The summed E-state index contributed by atoms with van der Waals surface area (Å²) in [6.45, 7) is 2.87. The van der Waals surface area contributed by atoms with Gasteiger partial charge in [-0.05, 0) is 13.0 Å². The van der Waals surface area contributed by atoms with Gasteiger partial charge in [0.1, 0.15) is 12.1 Å². The van der Waals surface area contributed by atoms with Crippen LogP contribution in [-0.2, 0) is 19.2 Å². The highest BCUT2D eigenvalue weighted by Gasteiger charge is 2.32. The van der Waals surface area contributed by atoms with E-state index in [0.29, 0.717) is 13.0 Å². The van der Waals surface area contributed by atoms with E-state index < -0.39 is 42.0 Å². The fourth-order valence-electron chi connectivity index (χ4n) is 1.77. The number of aliphatic hydroxyl groups is 2. The molecule has 10 nitrogen and oxygen atoms in total. The summed E-state index contributed by atoms with van der Waals surface area (Å²) in [6, 6.07) is -1.24. The first kappa shape index (κ1) is 25.3. The van der Waals surface area contributed by atoms with Crippen LogP contribution >= 0.6 is 11.8 Å². The van der Waals surface area contributed by atoms with Gasteiger partial charge in [-0.3, -0.25) is 14.4 Å². The van der Waals surface area contributed by atoms with Gasteiger partial charge in [0.15, 0.2) is 5.12 Å². The van der Waals surface area contributed by atoms with Crippen LogP contribution in [0.25, 0.3) is 0 Å². The molecule has 0 saturated carbocycles. The van der Waals surface area contributed by atoms with Crippen molar-refractivity contribution in [3.8, 4) is 0 Å². The molecule has 0 aromatic rings. The van der Waals surface area contributed by atoms with E-state index in [4.69, 9.17) is 15.9 Å². The van der Waals surface area contributed by atoms with Crippen molar-refractivity contribution in [3.05, 3.63) is 0 Å². The third-order valence-corrected chi connectivity index (χ3v) is 4.70. The quantitative estimate of drug-likeness (QED) is 0.210. The van der Waals surface area contributed by atoms with Crippen LogP contribution in [0.15, 0.2) is 0 Å². The lowest BCUT2D eigenvalue weighted by atomic mass is 9.87. The van der Waals surface area contributed by atoms with Gasteiger partial charge in [0.05, 0.1) is 6.61 Å². The molecule has 0 rings (SSSR count). The van der Waals surface area contributed by atoms with Gasteiger partial charge in [0.2, 0.25) is 11.8 Å². The topological polar surface area (TPSA) is 179 Å². The fraction of sp³-hybridized carbons (Fsp3) is 0.750. The van der Waals surface area contributed by atoms with Gasteiger partial charge < -0.3 is 31.7 Å². The van der Waals surface area contributed by atoms with Gasteiger partial charge in [0, 0.05) is 30.6 Å². The lowest BCUT2D eigenvalue weighted by Crippen LogP contribution is -2.47. The van der Waals surface area contributed by atoms with Gasteiger partial charge in [-0.25, -0.2) is 4.79 Å². The second-order valence-electron chi connectivity index (χ2n) is 6.62. The van der Waals surface area contributed by atoms with Gasteiger partial charge in [-0.1, -0.05) is 25.6 Å². The number of carboxylic acids is 1. The molecule has 2 unspecified atom stereocenters. The number of hydrogen-bond acceptors (Lipinski definition) is 8. The Kier molecular flexibility index (Phi) is 11.9. The first-order valence-electron chi connectivity index (χ1n) is 8.49. The number of hydrogen-bond donors (Lipinski definition) is 6. The number of thioether (sulfide) groups is 1. The Morgan fingerprint density at radius 2 is 1.81 bits per heavy atom. The molecule has 0 aromatic heterocycles. The standard InChI is InChI=1S/C16H29N3O7S/c1-16(2,9-20)13(23)14(24)18-7-5-11(21)19-10(15(25)26)8-27-12(22)4-3-6-17/h10,13,20,23H,3-9,17H2,1-2H3,(H,18,24)(H,19,21)(H,25,26). The number of nitrogens with one attached hydrogen (secondary N) is 2. The zero-order valence-corrected chi connectivity index (χ0v) is 16.4. The fourth-order valence-corrected chi connectivity index (χ4v) is 2.64. The summed E-state index contributed by atoms with van der Waals surface area (Å²) in [4.78, 5) is 46.4. The van der Waals surface area contributed by atoms with E-state index in [1.54, 1.807) is 0 Å². The maximum atomic E-state index is 11.8. The Morgan fingerprint density at radius 1 is 1.19 bits per heavy atom. The average molecular weight is 407 g/mol. The highest BCUT2D eigenvalue weighted by molar-refractivity contribution is 8.13. The van der Waals surface area contributed by atoms with Crippen LogP contribution in [0.3, 0.4) is 0 Å². The molecule has 11 heteroatoms. The molecular formula is C16H29N3O7S. The lowest BCUT2D eigenvalue weighted by Gasteiger charge is -2.27. The van der Waals surface area contributed by atoms with Crippen LogP contribution < -0.4 is 16.4 Å². The monoisotopic (exact) mass is 407 g/mol. The first-order chi connectivity index (χ1) is 12.5. The molecule has 0 radical (unpaired) electrons. The summed E-state index contributed by atoms with van der Waals surface area (Å²) >= 11 is 0.816. The first-order valence-corrected chi connectivity index (χ1v) is 9.48. The van der Waals surface area contributed by atoms with Crippen LogP contribution in [0.5, 0.6) is 0 Å². The highest BCUT2D eigenvalue weighted by Crippen LogP contribution is 2.19. The van der Waals surface area contributed by atoms with E-state index in [2.05, 4.69) is 10.6 Å². The highest BCUT2D eigenvalue weighted by atomic mass is 32.2. The number of carboxylic acid groups (broad SMARTS) is 1. The number of nitrogens with two attached hydrogens (primary N) is 1. The van der Waals surface area contributed by atoms with Crippen molar-refractivity contribution in [2.75, 3.05) is 25.4 Å². The SMILES string of the molecule is CC(C)(CO)C(O)C(=O)NCCC(=O)NC(CSC(=O)CCCN)C(=O)O. The summed E-state index contributed by atoms with van der Waals surface area (Å²) in [5.74, 6) is -2.74. The largest absolute Gasteiger partial charge is 0.480 e. The summed E-state index contributed by atoms with van der Waals surface area (Å²) in [5, 5.41) is 32.5. The number of amides is 2. The Labute approximate surface area is 162 Å². The van der Waals surface area contributed by atoms with Crippen molar-refractivity contribution in [2.45, 2.75) is 45.3 Å². The second kappa shape index (κ2) is 12.7. The van der Waals surface area contributed by atoms with Gasteiger partial charge in [-0.2, -0.15) is 0 Å². The molecular weight excluding hydrogens is 378 g/mol. The molecule has 2 amide bonds. The molecule has 27 heavy (non-hydrogen) atoms. The van der Waals surface area contributed by atoms with E-state index in [9.17, 15) is 24.3 Å². The predicted molar refractivity (Wildman–Crippen MR) is 99.8 cm³/mol. The zero-order chi connectivity index (χ0) is 21.0. The van der Waals surface area contributed by atoms with Crippen molar-refractivity contribution in [1.29, 1.82) is 0 Å². The molecule has 0 fully saturated rings. The smallest absolute Gasteiger partial charge is 0.327 e. The molecule has 156 valence electrons. The third-order valence-electron chi connectivity index (χ3n) is 3.68. The zero-order valence-electron chi connectivity index (χ0n) is 15.6. The molecule has 7 N–H and O–H groups in total. The van der Waals surface area contributed by atoms with Crippen LogP contribution in [0, 0.1) is 5.41 Å². The summed E-state index contributed by atoms with van der Waals surface area (Å²) in [7, 11) is 0. The minimum Gasteiger partial charge on any atom is -0.480 e. The minimum atomic E-state index is -1.45. The van der Waals surface area contributed by atoms with Gasteiger partial charge in [0.25, 0.3) is 0 Å². The van der Waals surface area contributed by atoms with Crippen molar-refractivity contribution in [3.63, 3.8) is 0 Å². The molecule has 0 spiro atoms. The average Bonchev–Trinajstić information content (AvgIpc) is 2.62. The van der Waals surface area contributed by atoms with E-state index in [1.165, 1.54) is 13.8 Å². The normalized spacial score (nSPS) is 13.5. The maximum Gasteiger partial charge on any atom is 0.327 e. The Balaban J connectivity index is 4.34. The van der Waals surface area contributed by atoms with E-state index in [0.717, 1.165) is 11.8 Å². The van der Waals surface area contributed by atoms with Gasteiger partial charge in [-0.15, -0.1) is 0 Å². The maximum absolute atomic E-state index is 11.8. The van der Waals surface area contributed by atoms with Crippen LogP contribution in [0.2, 0.25) is 0 Å². The second-order valence-corrected chi connectivity index (χ2v) is 7.70. The molecule has 0 aliphatic carbocycles. The molecule has 0 bridgehead atoms. The van der Waals surface area contributed by atoms with E-state index in [1.807, 2.05) is 0 Å². The van der Waals surface area contributed by atoms with Crippen LogP contribution in [0.1, 0.15) is 33.1 Å². The van der Waals surface area contributed by atoms with Crippen molar-refractivity contribution < 1.29 is 34.5 Å². The van der Waals surface area contributed by atoms with Crippen molar-refractivity contribution in [2.24, 2.45) is 11.1 Å². The van der Waals surface area contributed by atoms with E-state index >= 15 is 0 Å². The van der Waals surface area contributed by atoms with Crippen molar-refractivity contribution >= 4 is 34.7 Å². The third kappa shape index (κ3) is 10.3. The Bertz CT molecular complexity index is 528. The molecule has 0 aliphatic heterocycles. The number of aliphatic carboxylic acids is 1. The Morgan fingerprint density at radius 3 is 2.33 bits per heavy atom. The molecule has 0 heterocycles. The number of carbonyl (C=O) groups excluding carboxylic acids is 3. The Hall–Kier alpha value is -1.69.